The van der Waals surface area contributed by atoms with Gasteiger partial charge < -0.3 is 19.7 Å². The molecular formula is C25H26ClN3O6S. The lowest BCUT2D eigenvalue weighted by Crippen LogP contribution is -2.31. The van der Waals surface area contributed by atoms with Gasteiger partial charge in [-0.2, -0.15) is 0 Å². The molecule has 3 aromatic carbocycles. The van der Waals surface area contributed by atoms with Gasteiger partial charge in [0.15, 0.2) is 0 Å². The normalized spacial score (nSPS) is 11.1. The largest absolute Gasteiger partial charge is 0.456 e. The van der Waals surface area contributed by atoms with E-state index in [1.54, 1.807) is 56.6 Å². The first kappa shape index (κ1) is 27.2. The summed E-state index contributed by atoms with van der Waals surface area (Å²) in [5.74, 6) is -0.387. The van der Waals surface area contributed by atoms with Gasteiger partial charge >= 0.3 is 0 Å². The molecule has 190 valence electrons. The minimum absolute atomic E-state index is 0.0206. The summed E-state index contributed by atoms with van der Waals surface area (Å²) >= 11 is 5.96. The monoisotopic (exact) mass is 531 g/mol. The quantitative estimate of drug-likeness (QED) is 0.411. The lowest BCUT2D eigenvalue weighted by molar-refractivity contribution is -0.115. The van der Waals surface area contributed by atoms with Crippen LogP contribution in [0.5, 0.6) is 11.5 Å². The average molecular weight is 532 g/mol. The summed E-state index contributed by atoms with van der Waals surface area (Å²) in [7, 11) is -0.984. The fraction of sp³-hybridized carbons (Fsp3) is 0.200. The van der Waals surface area contributed by atoms with Crippen LogP contribution in [0.2, 0.25) is 5.02 Å². The molecule has 0 atom stereocenters. The molecule has 0 aromatic heterocycles. The summed E-state index contributed by atoms with van der Waals surface area (Å²) < 4.78 is 35.1. The summed E-state index contributed by atoms with van der Waals surface area (Å²) in [6, 6.07) is 17.3. The van der Waals surface area contributed by atoms with Crippen LogP contribution in [0, 0.1) is 0 Å². The van der Waals surface area contributed by atoms with Crippen molar-refractivity contribution in [1.29, 1.82) is 0 Å². The van der Waals surface area contributed by atoms with Crippen molar-refractivity contribution in [2.75, 3.05) is 32.6 Å². The highest BCUT2D eigenvalue weighted by molar-refractivity contribution is 7.89. The second-order valence-corrected chi connectivity index (χ2v) is 9.83. The maximum Gasteiger partial charge on any atom is 0.253 e. The van der Waals surface area contributed by atoms with Gasteiger partial charge in [-0.1, -0.05) is 35.9 Å². The first-order chi connectivity index (χ1) is 17.1. The smallest absolute Gasteiger partial charge is 0.253 e. The number of carbonyl (C=O) groups excluding carboxylic acids is 2. The van der Waals surface area contributed by atoms with E-state index in [0.717, 1.165) is 0 Å². The van der Waals surface area contributed by atoms with Gasteiger partial charge in [0, 0.05) is 37.0 Å². The highest BCUT2D eigenvalue weighted by Crippen LogP contribution is 2.31. The standard InChI is InChI=1S/C25H26ClN3O6S/c1-29(12-13-34-2)25(31)21-9-4-3-6-17(21)14-24(30)28-19-10-11-22(23(16-19)36(27,32)33)35-20-8-5-7-18(26)15-20/h3-11,15-16H,12-14H2,1-2H3,(H,28,30)(H2,27,32,33). The number of anilines is 1. The fourth-order valence-corrected chi connectivity index (χ4v) is 4.21. The van der Waals surface area contributed by atoms with Crippen molar-refractivity contribution in [3.05, 3.63) is 82.9 Å². The number of ether oxygens (including phenoxy) is 2. The van der Waals surface area contributed by atoms with Crippen molar-refractivity contribution in [3.8, 4) is 11.5 Å². The molecule has 0 unspecified atom stereocenters. The van der Waals surface area contributed by atoms with Crippen LogP contribution < -0.4 is 15.2 Å². The Morgan fingerprint density at radius 3 is 2.50 bits per heavy atom. The zero-order valence-electron chi connectivity index (χ0n) is 19.7. The van der Waals surface area contributed by atoms with Gasteiger partial charge in [-0.05, 0) is 48.0 Å². The van der Waals surface area contributed by atoms with E-state index in [-0.39, 0.29) is 28.7 Å². The van der Waals surface area contributed by atoms with Gasteiger partial charge in [-0.15, -0.1) is 0 Å². The van der Waals surface area contributed by atoms with E-state index in [2.05, 4.69) is 5.32 Å². The summed E-state index contributed by atoms with van der Waals surface area (Å²) in [5.41, 5.74) is 1.11. The van der Waals surface area contributed by atoms with E-state index >= 15 is 0 Å². The van der Waals surface area contributed by atoms with Crippen molar-refractivity contribution in [3.63, 3.8) is 0 Å². The molecule has 36 heavy (non-hydrogen) atoms. The number of sulfonamides is 1. The third kappa shape index (κ3) is 7.28. The number of likely N-dealkylation sites (N-methyl/N-ethyl adjacent to an activating group) is 1. The maximum absolute atomic E-state index is 12.8. The number of amides is 2. The number of benzene rings is 3. The van der Waals surface area contributed by atoms with Crippen molar-refractivity contribution >= 4 is 39.1 Å². The van der Waals surface area contributed by atoms with Crippen LogP contribution in [0.15, 0.2) is 71.6 Å². The number of rotatable bonds is 10. The molecule has 3 aromatic rings. The predicted molar refractivity (Wildman–Crippen MR) is 137 cm³/mol. The van der Waals surface area contributed by atoms with E-state index in [4.69, 9.17) is 26.2 Å². The highest BCUT2D eigenvalue weighted by atomic mass is 35.5. The van der Waals surface area contributed by atoms with Crippen LogP contribution in [0.1, 0.15) is 15.9 Å². The van der Waals surface area contributed by atoms with E-state index in [1.165, 1.54) is 29.2 Å². The summed E-state index contributed by atoms with van der Waals surface area (Å²) in [6.45, 7) is 0.782. The van der Waals surface area contributed by atoms with E-state index < -0.39 is 15.9 Å². The zero-order chi connectivity index (χ0) is 26.3. The van der Waals surface area contributed by atoms with Crippen LogP contribution >= 0.6 is 11.6 Å². The fourth-order valence-electron chi connectivity index (χ4n) is 3.35. The Morgan fingerprint density at radius 2 is 1.81 bits per heavy atom. The molecular weight excluding hydrogens is 506 g/mol. The molecule has 0 aliphatic rings. The molecule has 3 rings (SSSR count). The SMILES string of the molecule is COCCN(C)C(=O)c1ccccc1CC(=O)Nc1ccc(Oc2cccc(Cl)c2)c(S(N)(=O)=O)c1. The highest BCUT2D eigenvalue weighted by Gasteiger charge is 2.20. The lowest BCUT2D eigenvalue weighted by Gasteiger charge is -2.18. The number of halogens is 1. The van der Waals surface area contributed by atoms with E-state index in [9.17, 15) is 18.0 Å². The third-order valence-electron chi connectivity index (χ3n) is 5.13. The van der Waals surface area contributed by atoms with Crippen molar-refractivity contribution in [2.45, 2.75) is 11.3 Å². The molecule has 11 heteroatoms. The Kier molecular flexibility index (Phi) is 9.05. The van der Waals surface area contributed by atoms with Crippen LogP contribution in [0.4, 0.5) is 5.69 Å². The van der Waals surface area contributed by atoms with E-state index in [1.807, 2.05) is 0 Å². The topological polar surface area (TPSA) is 128 Å². The first-order valence-corrected chi connectivity index (χ1v) is 12.7. The molecule has 0 spiro atoms. The molecule has 0 fully saturated rings. The number of hydrogen-bond acceptors (Lipinski definition) is 6. The second-order valence-electron chi connectivity index (χ2n) is 7.87. The number of primary sulfonamides is 1. The molecule has 2 amide bonds. The molecule has 0 saturated carbocycles. The first-order valence-electron chi connectivity index (χ1n) is 10.8. The molecule has 0 aliphatic heterocycles. The predicted octanol–water partition coefficient (Wildman–Crippen LogP) is 3.68. The number of methoxy groups -OCH3 is 1. The molecule has 9 nitrogen and oxygen atoms in total. The molecule has 0 heterocycles. The Hall–Kier alpha value is -3.44. The summed E-state index contributed by atoms with van der Waals surface area (Å²) in [4.78, 5) is 26.8. The lowest BCUT2D eigenvalue weighted by atomic mass is 10.0. The van der Waals surface area contributed by atoms with Crippen LogP contribution in [0.25, 0.3) is 0 Å². The number of nitrogens with zero attached hydrogens (tertiary/aromatic N) is 1. The Morgan fingerprint density at radius 1 is 1.06 bits per heavy atom. The van der Waals surface area contributed by atoms with Gasteiger partial charge in [-0.3, -0.25) is 9.59 Å². The van der Waals surface area contributed by atoms with Crippen LogP contribution in [-0.4, -0.2) is 52.4 Å². The van der Waals surface area contributed by atoms with Crippen LogP contribution in [0.3, 0.4) is 0 Å². The summed E-state index contributed by atoms with van der Waals surface area (Å²) in [5, 5.41) is 8.45. The van der Waals surface area contributed by atoms with Gasteiger partial charge in [0.05, 0.1) is 13.0 Å². The van der Waals surface area contributed by atoms with Gasteiger partial charge in [0.1, 0.15) is 16.4 Å². The second kappa shape index (κ2) is 12.0. The van der Waals surface area contributed by atoms with Crippen molar-refractivity contribution < 1.29 is 27.5 Å². The Balaban J connectivity index is 1.79. The molecule has 0 saturated heterocycles. The number of nitrogens with one attached hydrogen (secondary N) is 1. The van der Waals surface area contributed by atoms with E-state index in [0.29, 0.717) is 35.1 Å². The number of hydrogen-bond donors (Lipinski definition) is 2. The minimum Gasteiger partial charge on any atom is -0.456 e. The molecule has 3 N–H and O–H groups in total. The number of nitrogens with two attached hydrogens (primary N) is 1. The average Bonchev–Trinajstić information content (AvgIpc) is 2.82. The van der Waals surface area contributed by atoms with Crippen LogP contribution in [-0.2, 0) is 26.0 Å². The maximum atomic E-state index is 12.8. The van der Waals surface area contributed by atoms with Crippen molar-refractivity contribution in [2.24, 2.45) is 5.14 Å². The molecule has 0 bridgehead atoms. The minimum atomic E-state index is -4.19. The summed E-state index contributed by atoms with van der Waals surface area (Å²) in [6.07, 6.45) is -0.106. The van der Waals surface area contributed by atoms with Crippen molar-refractivity contribution in [1.82, 2.24) is 4.90 Å². The molecule has 0 radical (unpaired) electrons. The Labute approximate surface area is 214 Å². The molecule has 0 aliphatic carbocycles. The Bertz CT molecular complexity index is 1360. The zero-order valence-corrected chi connectivity index (χ0v) is 21.3. The van der Waals surface area contributed by atoms with Gasteiger partial charge in [-0.25, -0.2) is 13.6 Å². The van der Waals surface area contributed by atoms with Gasteiger partial charge in [0.25, 0.3) is 5.91 Å². The number of carbonyl (C=O) groups is 2. The van der Waals surface area contributed by atoms with Gasteiger partial charge in [0.2, 0.25) is 15.9 Å². The third-order valence-corrected chi connectivity index (χ3v) is 6.30.